The summed E-state index contributed by atoms with van der Waals surface area (Å²) in [5.74, 6) is -0.904. The van der Waals surface area contributed by atoms with Gasteiger partial charge in [-0.05, 0) is 17.9 Å². The summed E-state index contributed by atoms with van der Waals surface area (Å²) in [7, 11) is 1.37. The number of rotatable bonds is 6. The molecule has 0 saturated carbocycles. The number of methoxy groups -OCH3 is 1. The van der Waals surface area contributed by atoms with Crippen LogP contribution in [-0.2, 0) is 15.1 Å². The van der Waals surface area contributed by atoms with Crippen molar-refractivity contribution >= 4 is 5.97 Å². The predicted molar refractivity (Wildman–Crippen MR) is 75.6 cm³/mol. The number of hydrogen-bond acceptors (Lipinski definition) is 3. The Labute approximate surface area is 115 Å². The molecule has 0 amide bonds. The van der Waals surface area contributed by atoms with Crippen molar-refractivity contribution in [3.8, 4) is 0 Å². The molecule has 0 fully saturated rings. The number of aliphatic hydroxyl groups is 1. The molecule has 1 N–H and O–H groups in total. The molecular formula is C16H24O3. The van der Waals surface area contributed by atoms with Gasteiger partial charge in [-0.1, -0.05) is 57.5 Å². The van der Waals surface area contributed by atoms with Gasteiger partial charge < -0.3 is 9.84 Å². The van der Waals surface area contributed by atoms with Gasteiger partial charge in [0, 0.05) is 0 Å². The molecule has 0 radical (unpaired) electrons. The first kappa shape index (κ1) is 15.7. The molecule has 0 aliphatic rings. The van der Waals surface area contributed by atoms with E-state index in [1.54, 1.807) is 0 Å². The second kappa shape index (κ2) is 6.71. The van der Waals surface area contributed by atoms with Crippen molar-refractivity contribution in [2.75, 3.05) is 7.11 Å². The van der Waals surface area contributed by atoms with Crippen molar-refractivity contribution in [2.24, 2.45) is 11.8 Å². The van der Waals surface area contributed by atoms with E-state index in [1.807, 2.05) is 51.1 Å². The topological polar surface area (TPSA) is 46.5 Å². The van der Waals surface area contributed by atoms with Crippen LogP contribution in [0, 0.1) is 11.8 Å². The molecule has 0 aliphatic carbocycles. The summed E-state index contributed by atoms with van der Waals surface area (Å²) >= 11 is 0. The van der Waals surface area contributed by atoms with Crippen LogP contribution in [0.3, 0.4) is 0 Å². The van der Waals surface area contributed by atoms with Gasteiger partial charge in [-0.3, -0.25) is 4.79 Å². The summed E-state index contributed by atoms with van der Waals surface area (Å²) in [6.07, 6.45) is 1.33. The standard InChI is InChI=1S/C16H24O3/c1-5-11-16(18,13-9-7-6-8-10-13)14(12(2)3)15(17)19-4/h6-10,12,14,18H,5,11H2,1-4H3. The first-order valence-corrected chi connectivity index (χ1v) is 6.83. The lowest BCUT2D eigenvalue weighted by atomic mass is 9.73. The molecule has 0 aliphatic heterocycles. The van der Waals surface area contributed by atoms with E-state index in [0.717, 1.165) is 12.0 Å². The van der Waals surface area contributed by atoms with Crippen LogP contribution in [0.15, 0.2) is 30.3 Å². The molecule has 1 rings (SSSR count). The molecule has 2 unspecified atom stereocenters. The zero-order valence-corrected chi connectivity index (χ0v) is 12.2. The molecule has 3 heteroatoms. The Kier molecular flexibility index (Phi) is 5.55. The third kappa shape index (κ3) is 3.35. The number of esters is 1. The molecule has 3 nitrogen and oxygen atoms in total. The van der Waals surface area contributed by atoms with E-state index >= 15 is 0 Å². The van der Waals surface area contributed by atoms with Gasteiger partial charge >= 0.3 is 5.97 Å². The molecule has 106 valence electrons. The summed E-state index contributed by atoms with van der Waals surface area (Å²) in [6.45, 7) is 5.87. The maximum Gasteiger partial charge on any atom is 0.312 e. The molecule has 0 spiro atoms. The van der Waals surface area contributed by atoms with Gasteiger partial charge in [0.25, 0.3) is 0 Å². The minimum absolute atomic E-state index is 0.00389. The maximum atomic E-state index is 12.1. The molecule has 0 heterocycles. The Morgan fingerprint density at radius 1 is 1.32 bits per heavy atom. The summed E-state index contributed by atoms with van der Waals surface area (Å²) in [4.78, 5) is 12.1. The number of benzene rings is 1. The van der Waals surface area contributed by atoms with Crippen molar-refractivity contribution < 1.29 is 14.6 Å². The Hall–Kier alpha value is -1.35. The predicted octanol–water partition coefficient (Wildman–Crippen LogP) is 3.12. The minimum atomic E-state index is -1.17. The van der Waals surface area contributed by atoms with Crippen molar-refractivity contribution in [1.82, 2.24) is 0 Å². The lowest BCUT2D eigenvalue weighted by molar-refractivity contribution is -0.161. The van der Waals surface area contributed by atoms with E-state index in [1.165, 1.54) is 7.11 Å². The largest absolute Gasteiger partial charge is 0.469 e. The second-order valence-electron chi connectivity index (χ2n) is 5.29. The van der Waals surface area contributed by atoms with Gasteiger partial charge in [0.2, 0.25) is 0 Å². The van der Waals surface area contributed by atoms with Gasteiger partial charge in [0.1, 0.15) is 5.60 Å². The average molecular weight is 264 g/mol. The van der Waals surface area contributed by atoms with Gasteiger partial charge in [-0.25, -0.2) is 0 Å². The quantitative estimate of drug-likeness (QED) is 0.803. The van der Waals surface area contributed by atoms with E-state index in [0.29, 0.717) is 6.42 Å². The fourth-order valence-corrected chi connectivity index (χ4v) is 2.73. The summed E-state index contributed by atoms with van der Waals surface area (Å²) in [5.41, 5.74) is -0.391. The highest BCUT2D eigenvalue weighted by atomic mass is 16.5. The SMILES string of the molecule is CCCC(O)(c1ccccc1)C(C(=O)OC)C(C)C. The first-order chi connectivity index (χ1) is 8.97. The van der Waals surface area contributed by atoms with E-state index < -0.39 is 11.5 Å². The second-order valence-corrected chi connectivity index (χ2v) is 5.29. The number of hydrogen-bond donors (Lipinski definition) is 1. The molecule has 0 aromatic heterocycles. The third-order valence-corrected chi connectivity index (χ3v) is 3.54. The van der Waals surface area contributed by atoms with E-state index in [-0.39, 0.29) is 11.9 Å². The zero-order chi connectivity index (χ0) is 14.5. The molecule has 0 saturated heterocycles. The van der Waals surface area contributed by atoms with Crippen molar-refractivity contribution in [1.29, 1.82) is 0 Å². The molecule has 1 aromatic rings. The monoisotopic (exact) mass is 264 g/mol. The van der Waals surface area contributed by atoms with Gasteiger partial charge in [0.05, 0.1) is 13.0 Å². The Bertz CT molecular complexity index is 400. The maximum absolute atomic E-state index is 12.1. The van der Waals surface area contributed by atoms with Crippen LogP contribution in [-0.4, -0.2) is 18.2 Å². The van der Waals surface area contributed by atoms with E-state index in [4.69, 9.17) is 4.74 Å². The summed E-state index contributed by atoms with van der Waals surface area (Å²) < 4.78 is 4.89. The number of ether oxygens (including phenoxy) is 1. The Morgan fingerprint density at radius 3 is 2.32 bits per heavy atom. The molecule has 2 atom stereocenters. The minimum Gasteiger partial charge on any atom is -0.469 e. The first-order valence-electron chi connectivity index (χ1n) is 6.83. The van der Waals surface area contributed by atoms with Crippen LogP contribution in [0.5, 0.6) is 0 Å². The van der Waals surface area contributed by atoms with Crippen LogP contribution in [0.2, 0.25) is 0 Å². The van der Waals surface area contributed by atoms with Crippen molar-refractivity contribution in [3.05, 3.63) is 35.9 Å². The average Bonchev–Trinajstić information content (AvgIpc) is 2.39. The van der Waals surface area contributed by atoms with Gasteiger partial charge in [-0.15, -0.1) is 0 Å². The number of carbonyl (C=O) groups excluding carboxylic acids is 1. The molecule has 0 bridgehead atoms. The van der Waals surface area contributed by atoms with Crippen molar-refractivity contribution in [3.63, 3.8) is 0 Å². The normalized spacial score (nSPS) is 15.9. The summed E-state index contributed by atoms with van der Waals surface area (Å²) in [5, 5.41) is 11.1. The summed E-state index contributed by atoms with van der Waals surface area (Å²) in [6, 6.07) is 9.40. The molecule has 19 heavy (non-hydrogen) atoms. The van der Waals surface area contributed by atoms with Crippen LogP contribution < -0.4 is 0 Å². The molecular weight excluding hydrogens is 240 g/mol. The third-order valence-electron chi connectivity index (χ3n) is 3.54. The highest BCUT2D eigenvalue weighted by Gasteiger charge is 2.44. The van der Waals surface area contributed by atoms with Crippen LogP contribution in [0.1, 0.15) is 39.2 Å². The lowest BCUT2D eigenvalue weighted by Crippen LogP contribution is -2.43. The van der Waals surface area contributed by atoms with Crippen LogP contribution >= 0.6 is 0 Å². The van der Waals surface area contributed by atoms with Gasteiger partial charge in [-0.2, -0.15) is 0 Å². The molecule has 1 aromatic carbocycles. The number of carbonyl (C=O) groups is 1. The van der Waals surface area contributed by atoms with E-state index in [2.05, 4.69) is 0 Å². The fourth-order valence-electron chi connectivity index (χ4n) is 2.73. The van der Waals surface area contributed by atoms with Crippen LogP contribution in [0.4, 0.5) is 0 Å². The van der Waals surface area contributed by atoms with Gasteiger partial charge in [0.15, 0.2) is 0 Å². The lowest BCUT2D eigenvalue weighted by Gasteiger charge is -2.37. The highest BCUT2D eigenvalue weighted by Crippen LogP contribution is 2.39. The van der Waals surface area contributed by atoms with Crippen molar-refractivity contribution in [2.45, 2.75) is 39.2 Å². The fraction of sp³-hybridized carbons (Fsp3) is 0.562. The van der Waals surface area contributed by atoms with E-state index in [9.17, 15) is 9.90 Å². The Balaban J connectivity index is 3.26. The highest BCUT2D eigenvalue weighted by molar-refractivity contribution is 5.74. The Morgan fingerprint density at radius 2 is 1.89 bits per heavy atom. The van der Waals surface area contributed by atoms with Crippen LogP contribution in [0.25, 0.3) is 0 Å². The smallest absolute Gasteiger partial charge is 0.312 e. The zero-order valence-electron chi connectivity index (χ0n) is 12.2.